The molecule has 0 saturated carbocycles. The van der Waals surface area contributed by atoms with Crippen LogP contribution in [0.2, 0.25) is 0 Å². The van der Waals surface area contributed by atoms with Gasteiger partial charge in [-0.05, 0) is 110 Å². The molecule has 0 heterocycles. The number of hydrogen-bond donors (Lipinski definition) is 9. The molecule has 0 atom stereocenters. The van der Waals surface area contributed by atoms with Crippen molar-refractivity contribution >= 4 is 5.97 Å². The smallest absolute Gasteiger partial charge is 0.319 e. The van der Waals surface area contributed by atoms with E-state index in [1.54, 1.807) is 0 Å². The zero-order chi connectivity index (χ0) is 57.9. The van der Waals surface area contributed by atoms with Crippen LogP contribution in [-0.4, -0.2) is 78.4 Å². The van der Waals surface area contributed by atoms with Crippen molar-refractivity contribution in [1.29, 1.82) is 0 Å². The Balaban J connectivity index is 0.00000146. The summed E-state index contributed by atoms with van der Waals surface area (Å²) in [6.45, 7) is 47.5. The number of rotatable bonds is 10. The van der Waals surface area contributed by atoms with Crippen LogP contribution in [0.5, 0.6) is 23.0 Å². The number of aliphatic carboxylic acids is 1. The SMILES string of the molecule is CC(C)(C)c1cc(C(c2cc(C(C)(C)C)c(O)c(C(C)(C)C)c2)C(C(=O)O)(c2cc(C(C)(C)C)c(O)c(C(C)(C)C)c2)c2cc(C(C)(C)C)c(O)c(C(C)(C)C)c2)cc(C(C)(C)C)c1O.OCC(CO)(CO)CO. The Bertz CT molecular complexity index is 2320. The van der Waals surface area contributed by atoms with Crippen molar-refractivity contribution in [3.05, 3.63) is 115 Å². The van der Waals surface area contributed by atoms with E-state index < -0.39 is 92.5 Å². The molecule has 10 heteroatoms. The maximum atomic E-state index is 15.9. The quantitative estimate of drug-likeness (QED) is 0.0736. The van der Waals surface area contributed by atoms with Crippen molar-refractivity contribution < 1.29 is 50.8 Å². The molecular weight excluding hydrogens is 929 g/mol. The van der Waals surface area contributed by atoms with E-state index in [2.05, 4.69) is 83.1 Å². The number of aliphatic hydroxyl groups excluding tert-OH is 4. The summed E-state index contributed by atoms with van der Waals surface area (Å²) < 4.78 is 0. The maximum Gasteiger partial charge on any atom is 0.319 e. The van der Waals surface area contributed by atoms with Crippen molar-refractivity contribution in [1.82, 2.24) is 0 Å². The average molecular weight is 1030 g/mol. The summed E-state index contributed by atoms with van der Waals surface area (Å²) >= 11 is 0. The van der Waals surface area contributed by atoms with Gasteiger partial charge in [-0.1, -0.05) is 215 Å². The number of phenols is 4. The van der Waals surface area contributed by atoms with E-state index >= 15 is 4.79 Å². The van der Waals surface area contributed by atoms with Crippen molar-refractivity contribution in [2.75, 3.05) is 26.4 Å². The molecule has 414 valence electrons. The van der Waals surface area contributed by atoms with Gasteiger partial charge in [0, 0.05) is 5.92 Å². The topological polar surface area (TPSA) is 199 Å². The van der Waals surface area contributed by atoms with Crippen LogP contribution in [0.1, 0.15) is 239 Å². The van der Waals surface area contributed by atoms with Crippen LogP contribution >= 0.6 is 0 Å². The summed E-state index contributed by atoms with van der Waals surface area (Å²) in [4.78, 5) is 15.9. The van der Waals surface area contributed by atoms with Gasteiger partial charge in [-0.15, -0.1) is 0 Å². The summed E-state index contributed by atoms with van der Waals surface area (Å²) in [6, 6.07) is 15.6. The monoisotopic (exact) mass is 1030 g/mol. The summed E-state index contributed by atoms with van der Waals surface area (Å²) in [7, 11) is 0. The second-order valence-corrected chi connectivity index (χ2v) is 29.4. The van der Waals surface area contributed by atoms with E-state index in [0.29, 0.717) is 66.8 Å². The Morgan fingerprint density at radius 2 is 0.500 bits per heavy atom. The zero-order valence-electron chi connectivity index (χ0n) is 50.0. The van der Waals surface area contributed by atoms with E-state index in [1.165, 1.54) is 0 Å². The third-order valence-electron chi connectivity index (χ3n) is 14.6. The van der Waals surface area contributed by atoms with Gasteiger partial charge in [0.15, 0.2) is 0 Å². The lowest BCUT2D eigenvalue weighted by atomic mass is 9.58. The standard InChI is InChI=1S/C59H86O6.C5H12O4/c1-51(2,3)37-25-33(26-38(46(37)60)52(4,5)6)45(34-27-39(53(7,8)9)47(61)40(28-34)54(10,11)12)59(50(64)65,35-29-41(55(13,14)15)48(62)42(30-35)56(16,17)18)36-31-43(57(19,20)21)49(63)44(32-36)58(22,23)24;6-1-5(2-7,3-8)4-9/h25-32,45,60-63H,1-24H3,(H,64,65);6-9H,1-4H2. The molecule has 9 N–H and O–H groups in total. The van der Waals surface area contributed by atoms with Gasteiger partial charge in [-0.2, -0.15) is 0 Å². The largest absolute Gasteiger partial charge is 0.507 e. The molecule has 0 bridgehead atoms. The van der Waals surface area contributed by atoms with Gasteiger partial charge >= 0.3 is 5.97 Å². The summed E-state index contributed by atoms with van der Waals surface area (Å²) in [5.41, 5.74) is -0.316. The average Bonchev–Trinajstić information content (AvgIpc) is 3.21. The van der Waals surface area contributed by atoms with E-state index in [1.807, 2.05) is 132 Å². The fraction of sp³-hybridized carbons (Fsp3) is 0.609. The predicted molar refractivity (Wildman–Crippen MR) is 303 cm³/mol. The molecule has 0 aliphatic heterocycles. The number of phenolic OH excluding ortho intramolecular Hbond substituents is 4. The number of hydrogen-bond acceptors (Lipinski definition) is 9. The number of benzene rings is 4. The normalized spacial score (nSPS) is 13.8. The van der Waals surface area contributed by atoms with Crippen LogP contribution < -0.4 is 0 Å². The van der Waals surface area contributed by atoms with Gasteiger partial charge in [0.25, 0.3) is 0 Å². The molecule has 0 radical (unpaired) electrons. The lowest BCUT2D eigenvalue weighted by Gasteiger charge is -2.43. The van der Waals surface area contributed by atoms with Crippen LogP contribution in [0.25, 0.3) is 0 Å². The molecule has 4 aromatic rings. The minimum absolute atomic E-state index is 0.130. The Morgan fingerprint density at radius 3 is 0.622 bits per heavy atom. The first-order valence-corrected chi connectivity index (χ1v) is 26.2. The molecule has 0 aliphatic rings. The van der Waals surface area contributed by atoms with Crippen molar-refractivity contribution in [2.45, 2.75) is 221 Å². The molecule has 0 saturated heterocycles. The highest BCUT2D eigenvalue weighted by molar-refractivity contribution is 5.90. The molecule has 10 nitrogen and oxygen atoms in total. The third kappa shape index (κ3) is 13.0. The maximum absolute atomic E-state index is 15.9. The second kappa shape index (κ2) is 21.1. The first-order chi connectivity index (χ1) is 33.0. The predicted octanol–water partition coefficient (Wildman–Crippen LogP) is 13.0. The Hall–Kier alpha value is -4.61. The van der Waals surface area contributed by atoms with E-state index in [9.17, 15) is 25.5 Å². The molecule has 4 aromatic carbocycles. The number of carboxylic acids is 1. The van der Waals surface area contributed by atoms with Gasteiger partial charge < -0.3 is 46.0 Å². The summed E-state index contributed by atoms with van der Waals surface area (Å²) in [6.07, 6.45) is 0. The van der Waals surface area contributed by atoms with Gasteiger partial charge in [-0.25, -0.2) is 0 Å². The molecule has 0 aliphatic carbocycles. The molecule has 0 spiro atoms. The molecule has 0 fully saturated rings. The minimum Gasteiger partial charge on any atom is -0.507 e. The van der Waals surface area contributed by atoms with Crippen LogP contribution in [-0.2, 0) is 53.5 Å². The molecule has 0 aromatic heterocycles. The first kappa shape index (κ1) is 63.7. The van der Waals surface area contributed by atoms with Gasteiger partial charge in [0.05, 0.1) is 31.8 Å². The minimum atomic E-state index is -1.98. The Kier molecular flexibility index (Phi) is 18.1. The molecule has 4 rings (SSSR count). The fourth-order valence-corrected chi connectivity index (χ4v) is 9.81. The molecule has 0 unspecified atom stereocenters. The highest BCUT2D eigenvalue weighted by atomic mass is 16.4. The van der Waals surface area contributed by atoms with Crippen LogP contribution in [0.4, 0.5) is 0 Å². The molecule has 74 heavy (non-hydrogen) atoms. The van der Waals surface area contributed by atoms with E-state index in [0.717, 1.165) is 0 Å². The number of aliphatic hydroxyl groups is 4. The Morgan fingerprint density at radius 1 is 0.338 bits per heavy atom. The van der Waals surface area contributed by atoms with Gasteiger partial charge in [0.2, 0.25) is 0 Å². The number of carboxylic acid groups (broad SMARTS) is 1. The second-order valence-electron chi connectivity index (χ2n) is 29.4. The summed E-state index contributed by atoms with van der Waals surface area (Å²) in [5.74, 6) is -1.54. The fourth-order valence-electron chi connectivity index (χ4n) is 9.81. The number of aromatic hydroxyl groups is 4. The van der Waals surface area contributed by atoms with E-state index in [-0.39, 0.29) is 23.0 Å². The van der Waals surface area contributed by atoms with Crippen molar-refractivity contribution in [2.24, 2.45) is 5.41 Å². The summed E-state index contributed by atoms with van der Waals surface area (Å²) in [5, 5.41) is 96.1. The first-order valence-electron chi connectivity index (χ1n) is 26.2. The lowest BCUT2D eigenvalue weighted by molar-refractivity contribution is -0.142. The molecular formula is C64H98O10. The van der Waals surface area contributed by atoms with Gasteiger partial charge in [-0.3, -0.25) is 4.79 Å². The lowest BCUT2D eigenvalue weighted by Crippen LogP contribution is -2.45. The number of carbonyl (C=O) groups is 1. The van der Waals surface area contributed by atoms with Crippen LogP contribution in [0, 0.1) is 5.41 Å². The Labute approximate surface area is 446 Å². The van der Waals surface area contributed by atoms with Crippen molar-refractivity contribution in [3.63, 3.8) is 0 Å². The van der Waals surface area contributed by atoms with Crippen molar-refractivity contribution in [3.8, 4) is 23.0 Å². The van der Waals surface area contributed by atoms with Crippen LogP contribution in [0.15, 0.2) is 48.5 Å². The third-order valence-corrected chi connectivity index (χ3v) is 14.6. The molecule has 0 amide bonds. The zero-order valence-corrected chi connectivity index (χ0v) is 50.0. The van der Waals surface area contributed by atoms with Crippen LogP contribution in [0.3, 0.4) is 0 Å². The van der Waals surface area contributed by atoms with E-state index in [4.69, 9.17) is 20.4 Å². The highest BCUT2D eigenvalue weighted by Crippen LogP contribution is 2.57. The highest BCUT2D eigenvalue weighted by Gasteiger charge is 2.54. The van der Waals surface area contributed by atoms with Gasteiger partial charge in [0.1, 0.15) is 28.4 Å².